The number of rotatable bonds is 4. The molecule has 5 nitrogen and oxygen atoms in total. The Bertz CT molecular complexity index is 1030. The largest absolute Gasteiger partial charge is 0.487 e. The van der Waals surface area contributed by atoms with Gasteiger partial charge in [-0.15, -0.1) is 0 Å². The quantitative estimate of drug-likeness (QED) is 0.516. The molecule has 3 heterocycles. The molecule has 1 aromatic carbocycles. The summed E-state index contributed by atoms with van der Waals surface area (Å²) >= 11 is 5.99. The van der Waals surface area contributed by atoms with Crippen molar-refractivity contribution >= 4 is 22.6 Å². The molecule has 4 aromatic rings. The Kier molecular flexibility index (Phi) is 4.07. The minimum Gasteiger partial charge on any atom is -0.487 e. The second-order valence-electron chi connectivity index (χ2n) is 5.66. The molecule has 25 heavy (non-hydrogen) atoms. The molecule has 0 aliphatic heterocycles. The molecule has 124 valence electrons. The number of benzene rings is 1. The molecule has 4 rings (SSSR count). The van der Waals surface area contributed by atoms with Crippen molar-refractivity contribution in [3.8, 4) is 16.9 Å². The maximum Gasteiger partial charge on any atom is 0.133 e. The van der Waals surface area contributed by atoms with Crippen LogP contribution in [0, 0.1) is 0 Å². The van der Waals surface area contributed by atoms with E-state index in [9.17, 15) is 0 Å². The molecular formula is C19H15ClN4O. The minimum atomic E-state index is 0.376. The van der Waals surface area contributed by atoms with Crippen molar-refractivity contribution in [2.75, 3.05) is 0 Å². The molecule has 0 N–H and O–H groups in total. The van der Waals surface area contributed by atoms with Crippen LogP contribution in [0.1, 0.15) is 5.69 Å². The highest BCUT2D eigenvalue weighted by atomic mass is 35.5. The van der Waals surface area contributed by atoms with Gasteiger partial charge in [0.05, 0.1) is 11.0 Å². The molecule has 0 aliphatic rings. The van der Waals surface area contributed by atoms with Gasteiger partial charge in [0.15, 0.2) is 0 Å². The van der Waals surface area contributed by atoms with Crippen LogP contribution in [0.2, 0.25) is 5.15 Å². The van der Waals surface area contributed by atoms with Crippen molar-refractivity contribution in [2.45, 2.75) is 6.61 Å². The highest BCUT2D eigenvalue weighted by molar-refractivity contribution is 6.29. The van der Waals surface area contributed by atoms with E-state index >= 15 is 0 Å². The Morgan fingerprint density at radius 2 is 1.92 bits per heavy atom. The topological polar surface area (TPSA) is 52.8 Å². The van der Waals surface area contributed by atoms with Crippen LogP contribution in [0.3, 0.4) is 0 Å². The fraction of sp³-hybridized carbons (Fsp3) is 0.105. The molecule has 0 fully saturated rings. The smallest absolute Gasteiger partial charge is 0.133 e. The number of para-hydroxylation sites is 1. The molecule has 0 saturated heterocycles. The predicted octanol–water partition coefficient (Wildman–Crippen LogP) is 4.26. The summed E-state index contributed by atoms with van der Waals surface area (Å²) < 4.78 is 7.61. The fourth-order valence-corrected chi connectivity index (χ4v) is 2.83. The Balaban J connectivity index is 1.68. The van der Waals surface area contributed by atoms with Gasteiger partial charge in [0.1, 0.15) is 23.2 Å². The highest BCUT2D eigenvalue weighted by Gasteiger charge is 2.12. The monoisotopic (exact) mass is 350 g/mol. The van der Waals surface area contributed by atoms with Gasteiger partial charge in [-0.3, -0.25) is 9.67 Å². The fourth-order valence-electron chi connectivity index (χ4n) is 2.68. The van der Waals surface area contributed by atoms with Gasteiger partial charge in [-0.2, -0.15) is 5.10 Å². The lowest BCUT2D eigenvalue weighted by molar-refractivity contribution is 0.300. The molecule has 6 heteroatoms. The standard InChI is InChI=1S/C19H15ClN4O/c1-24-11-15(18(23-24)12-25-14-5-3-2-4-6-14)13-9-17-16(21-10-13)7-8-19(20)22-17/h2-11H,12H2,1H3. The summed E-state index contributed by atoms with van der Waals surface area (Å²) in [7, 11) is 1.89. The Morgan fingerprint density at radius 1 is 1.08 bits per heavy atom. The number of hydrogen-bond donors (Lipinski definition) is 0. The van der Waals surface area contributed by atoms with Crippen LogP contribution >= 0.6 is 11.6 Å². The zero-order valence-electron chi connectivity index (χ0n) is 13.6. The van der Waals surface area contributed by atoms with E-state index < -0.39 is 0 Å². The molecule has 0 radical (unpaired) electrons. The number of nitrogens with zero attached hydrogens (tertiary/aromatic N) is 4. The maximum atomic E-state index is 5.99. The first-order valence-electron chi connectivity index (χ1n) is 7.82. The van der Waals surface area contributed by atoms with Crippen molar-refractivity contribution in [3.63, 3.8) is 0 Å². The van der Waals surface area contributed by atoms with Crippen LogP contribution in [0.5, 0.6) is 5.75 Å². The zero-order chi connectivity index (χ0) is 17.2. The highest BCUT2D eigenvalue weighted by Crippen LogP contribution is 2.26. The first kappa shape index (κ1) is 15.6. The number of hydrogen-bond acceptors (Lipinski definition) is 4. The second kappa shape index (κ2) is 6.53. The van der Waals surface area contributed by atoms with Gasteiger partial charge in [0.2, 0.25) is 0 Å². The lowest BCUT2D eigenvalue weighted by Gasteiger charge is -2.06. The molecule has 0 saturated carbocycles. The zero-order valence-corrected chi connectivity index (χ0v) is 14.3. The van der Waals surface area contributed by atoms with Crippen LogP contribution < -0.4 is 4.74 Å². The lowest BCUT2D eigenvalue weighted by atomic mass is 10.1. The first-order valence-corrected chi connectivity index (χ1v) is 8.20. The van der Waals surface area contributed by atoms with E-state index in [-0.39, 0.29) is 0 Å². The van der Waals surface area contributed by atoms with E-state index in [1.54, 1.807) is 10.7 Å². The van der Waals surface area contributed by atoms with Crippen LogP contribution in [0.15, 0.2) is 60.9 Å². The molecule has 0 aliphatic carbocycles. The van der Waals surface area contributed by atoms with E-state index in [1.807, 2.05) is 61.9 Å². The number of halogens is 1. The van der Waals surface area contributed by atoms with E-state index in [2.05, 4.69) is 15.1 Å². The van der Waals surface area contributed by atoms with Crippen molar-refractivity contribution in [3.05, 3.63) is 71.8 Å². The van der Waals surface area contributed by atoms with E-state index in [1.165, 1.54) is 0 Å². The summed E-state index contributed by atoms with van der Waals surface area (Å²) in [6, 6.07) is 15.2. The first-order chi connectivity index (χ1) is 12.2. The van der Waals surface area contributed by atoms with E-state index in [4.69, 9.17) is 16.3 Å². The van der Waals surface area contributed by atoms with Gasteiger partial charge in [0.25, 0.3) is 0 Å². The van der Waals surface area contributed by atoms with Gasteiger partial charge in [0, 0.05) is 30.6 Å². The third-order valence-corrected chi connectivity index (χ3v) is 4.05. The number of ether oxygens (including phenoxy) is 1. The average Bonchev–Trinajstić information content (AvgIpc) is 3.01. The minimum absolute atomic E-state index is 0.376. The molecular weight excluding hydrogens is 336 g/mol. The second-order valence-corrected chi connectivity index (χ2v) is 6.05. The Morgan fingerprint density at radius 3 is 2.76 bits per heavy atom. The third kappa shape index (κ3) is 3.32. The predicted molar refractivity (Wildman–Crippen MR) is 97.5 cm³/mol. The number of aromatic nitrogens is 4. The van der Waals surface area contributed by atoms with Crippen molar-refractivity contribution < 1.29 is 4.74 Å². The Hall–Kier alpha value is -2.92. The maximum absolute atomic E-state index is 5.99. The van der Waals surface area contributed by atoms with Gasteiger partial charge < -0.3 is 4.74 Å². The SMILES string of the molecule is Cn1cc(-c2cnc3ccc(Cl)nc3c2)c(COc2ccccc2)n1. The van der Waals surface area contributed by atoms with Gasteiger partial charge >= 0.3 is 0 Å². The summed E-state index contributed by atoms with van der Waals surface area (Å²) in [5.74, 6) is 0.809. The Labute approximate surface area is 149 Å². The summed E-state index contributed by atoms with van der Waals surface area (Å²) in [5.41, 5.74) is 4.30. The van der Waals surface area contributed by atoms with Gasteiger partial charge in [-0.05, 0) is 30.3 Å². The van der Waals surface area contributed by atoms with Crippen LogP contribution in [0.25, 0.3) is 22.2 Å². The third-order valence-electron chi connectivity index (χ3n) is 3.84. The van der Waals surface area contributed by atoms with Crippen molar-refractivity contribution in [1.29, 1.82) is 0 Å². The van der Waals surface area contributed by atoms with Crippen molar-refractivity contribution in [2.24, 2.45) is 7.05 Å². The molecule has 3 aromatic heterocycles. The lowest BCUT2D eigenvalue weighted by Crippen LogP contribution is -1.99. The van der Waals surface area contributed by atoms with Crippen LogP contribution in [-0.2, 0) is 13.7 Å². The summed E-state index contributed by atoms with van der Waals surface area (Å²) in [6.07, 6.45) is 3.78. The number of pyridine rings is 2. The van der Waals surface area contributed by atoms with Crippen LogP contribution in [-0.4, -0.2) is 19.7 Å². The van der Waals surface area contributed by atoms with Crippen molar-refractivity contribution in [1.82, 2.24) is 19.7 Å². The normalized spacial score (nSPS) is 11.0. The number of fused-ring (bicyclic) bond motifs is 1. The molecule has 0 bridgehead atoms. The van der Waals surface area contributed by atoms with E-state index in [0.717, 1.165) is 33.6 Å². The average molecular weight is 351 g/mol. The molecule has 0 unspecified atom stereocenters. The summed E-state index contributed by atoms with van der Waals surface area (Å²) in [5, 5.41) is 4.97. The van der Waals surface area contributed by atoms with Gasteiger partial charge in [-0.1, -0.05) is 29.8 Å². The van der Waals surface area contributed by atoms with Gasteiger partial charge in [-0.25, -0.2) is 4.98 Å². The molecule has 0 atom stereocenters. The van der Waals surface area contributed by atoms with Crippen LogP contribution in [0.4, 0.5) is 0 Å². The molecule has 0 spiro atoms. The summed E-state index contributed by atoms with van der Waals surface area (Å²) in [6.45, 7) is 0.376. The number of aryl methyl sites for hydroxylation is 1. The summed E-state index contributed by atoms with van der Waals surface area (Å²) in [4.78, 5) is 8.80. The molecule has 0 amide bonds. The van der Waals surface area contributed by atoms with E-state index in [0.29, 0.717) is 11.8 Å².